The van der Waals surface area contributed by atoms with Gasteiger partial charge in [-0.25, -0.2) is 8.42 Å². The number of benzene rings is 1. The third kappa shape index (κ3) is 2.89. The SMILES string of the molecule is Cc1ccc(N(Cc2ccco2)S(=O)(=O)CC23CCC(CC2=O)C3(C)C)cc1. The van der Waals surface area contributed by atoms with E-state index in [0.717, 1.165) is 12.0 Å². The maximum Gasteiger partial charge on any atom is 0.236 e. The van der Waals surface area contributed by atoms with Crippen molar-refractivity contribution in [2.75, 3.05) is 10.1 Å². The number of hydrogen-bond acceptors (Lipinski definition) is 4. The number of hydrogen-bond donors (Lipinski definition) is 0. The van der Waals surface area contributed by atoms with Crippen LogP contribution in [0.3, 0.4) is 0 Å². The van der Waals surface area contributed by atoms with Gasteiger partial charge in [0.15, 0.2) is 0 Å². The van der Waals surface area contributed by atoms with Crippen molar-refractivity contribution in [2.45, 2.75) is 46.6 Å². The second kappa shape index (κ2) is 6.48. The summed E-state index contributed by atoms with van der Waals surface area (Å²) in [4.78, 5) is 12.9. The van der Waals surface area contributed by atoms with Crippen LogP contribution < -0.4 is 4.31 Å². The lowest BCUT2D eigenvalue weighted by molar-refractivity contribution is -0.128. The Morgan fingerprint density at radius 2 is 1.89 bits per heavy atom. The van der Waals surface area contributed by atoms with Crippen molar-refractivity contribution in [3.63, 3.8) is 0 Å². The molecule has 1 aromatic heterocycles. The minimum atomic E-state index is -3.74. The van der Waals surface area contributed by atoms with Gasteiger partial charge >= 0.3 is 0 Å². The zero-order valence-corrected chi connectivity index (χ0v) is 17.5. The Balaban J connectivity index is 1.72. The van der Waals surface area contributed by atoms with Gasteiger partial charge < -0.3 is 4.42 Å². The van der Waals surface area contributed by atoms with Crippen LogP contribution in [0.5, 0.6) is 0 Å². The number of rotatable bonds is 6. The van der Waals surface area contributed by atoms with E-state index in [1.54, 1.807) is 18.4 Å². The Morgan fingerprint density at radius 1 is 1.18 bits per heavy atom. The number of Topliss-reactive ketones (excluding diaryl/α,β-unsaturated/α-hetero) is 1. The molecule has 0 N–H and O–H groups in total. The predicted octanol–water partition coefficient (Wildman–Crippen LogP) is 4.32. The van der Waals surface area contributed by atoms with Gasteiger partial charge in [0.1, 0.15) is 11.5 Å². The largest absolute Gasteiger partial charge is 0.467 e. The summed E-state index contributed by atoms with van der Waals surface area (Å²) in [5.41, 5.74) is 0.572. The summed E-state index contributed by atoms with van der Waals surface area (Å²) in [6.07, 6.45) is 3.63. The molecule has 2 saturated carbocycles. The van der Waals surface area contributed by atoms with Crippen molar-refractivity contribution >= 4 is 21.5 Å². The average molecular weight is 402 g/mol. The molecule has 28 heavy (non-hydrogen) atoms. The second-order valence-electron chi connectivity index (χ2n) is 8.84. The summed E-state index contributed by atoms with van der Waals surface area (Å²) in [6, 6.07) is 10.9. The first-order chi connectivity index (χ1) is 13.2. The zero-order valence-electron chi connectivity index (χ0n) is 16.6. The van der Waals surface area contributed by atoms with Gasteiger partial charge in [-0.05, 0) is 55.4 Å². The standard InChI is InChI=1S/C22H27NO4S/c1-16-6-8-18(9-7-16)23(14-19-5-4-12-27-19)28(25,26)15-22-11-10-17(13-20(22)24)21(22,2)3/h4-9,12,17H,10-11,13-15H2,1-3H3. The quantitative estimate of drug-likeness (QED) is 0.723. The van der Waals surface area contributed by atoms with E-state index >= 15 is 0 Å². The third-order valence-corrected chi connectivity index (χ3v) is 8.97. The minimum absolute atomic E-state index is 0.110. The second-order valence-corrected chi connectivity index (χ2v) is 10.7. The molecule has 2 aromatic rings. The van der Waals surface area contributed by atoms with Crippen LogP contribution in [-0.4, -0.2) is 20.0 Å². The van der Waals surface area contributed by atoms with Crippen LogP contribution in [0.1, 0.15) is 44.4 Å². The number of furan rings is 1. The molecule has 2 aliphatic carbocycles. The van der Waals surface area contributed by atoms with E-state index in [0.29, 0.717) is 24.3 Å². The van der Waals surface area contributed by atoms with Crippen molar-refractivity contribution < 1.29 is 17.6 Å². The number of anilines is 1. The van der Waals surface area contributed by atoms with Gasteiger partial charge in [0.25, 0.3) is 0 Å². The van der Waals surface area contributed by atoms with Gasteiger partial charge in [-0.15, -0.1) is 0 Å². The molecule has 0 amide bonds. The van der Waals surface area contributed by atoms with Crippen LogP contribution in [0.2, 0.25) is 0 Å². The summed E-state index contributed by atoms with van der Waals surface area (Å²) in [7, 11) is -3.74. The van der Waals surface area contributed by atoms with Gasteiger partial charge in [-0.1, -0.05) is 31.5 Å². The summed E-state index contributed by atoms with van der Waals surface area (Å²) < 4.78 is 34.1. The lowest BCUT2D eigenvalue weighted by atomic mass is 9.70. The van der Waals surface area contributed by atoms with Crippen molar-refractivity contribution in [1.82, 2.24) is 0 Å². The van der Waals surface area contributed by atoms with E-state index in [2.05, 4.69) is 13.8 Å². The number of sulfonamides is 1. The Hall–Kier alpha value is -2.08. The van der Waals surface area contributed by atoms with Gasteiger partial charge in [-0.3, -0.25) is 9.10 Å². The van der Waals surface area contributed by atoms with Gasteiger partial charge in [-0.2, -0.15) is 0 Å². The highest BCUT2D eigenvalue weighted by atomic mass is 32.2. The number of carbonyl (C=O) groups excluding carboxylic acids is 1. The molecular formula is C22H27NO4S. The fourth-order valence-electron chi connectivity index (χ4n) is 5.10. The highest BCUT2D eigenvalue weighted by molar-refractivity contribution is 7.92. The first kappa shape index (κ1) is 19.2. The lowest BCUT2D eigenvalue weighted by Gasteiger charge is -2.38. The Bertz CT molecular complexity index is 976. The highest BCUT2D eigenvalue weighted by Gasteiger charge is 2.65. The molecule has 6 heteroatoms. The van der Waals surface area contributed by atoms with Gasteiger partial charge in [0.05, 0.1) is 29.7 Å². The maximum absolute atomic E-state index is 13.6. The van der Waals surface area contributed by atoms with Crippen molar-refractivity contribution in [1.29, 1.82) is 0 Å². The topological polar surface area (TPSA) is 67.6 Å². The maximum atomic E-state index is 13.6. The van der Waals surface area contributed by atoms with E-state index in [1.807, 2.05) is 31.2 Å². The van der Waals surface area contributed by atoms with Crippen LogP contribution in [0.15, 0.2) is 47.1 Å². The fraction of sp³-hybridized carbons (Fsp3) is 0.500. The fourth-order valence-corrected chi connectivity index (χ4v) is 7.33. The summed E-state index contributed by atoms with van der Waals surface area (Å²) >= 11 is 0. The number of ketones is 1. The number of fused-ring (bicyclic) bond motifs is 2. The molecule has 1 aromatic carbocycles. The van der Waals surface area contributed by atoms with Crippen LogP contribution in [0.4, 0.5) is 5.69 Å². The smallest absolute Gasteiger partial charge is 0.236 e. The average Bonchev–Trinajstić information content (AvgIpc) is 3.27. The van der Waals surface area contributed by atoms with E-state index in [9.17, 15) is 13.2 Å². The van der Waals surface area contributed by atoms with E-state index in [4.69, 9.17) is 4.42 Å². The van der Waals surface area contributed by atoms with Crippen LogP contribution >= 0.6 is 0 Å². The Kier molecular flexibility index (Phi) is 4.45. The predicted molar refractivity (Wildman–Crippen MR) is 108 cm³/mol. The molecule has 0 aliphatic heterocycles. The Morgan fingerprint density at radius 3 is 2.43 bits per heavy atom. The molecule has 2 fully saturated rings. The van der Waals surface area contributed by atoms with E-state index in [1.165, 1.54) is 4.31 Å². The molecule has 0 saturated heterocycles. The number of aryl methyl sites for hydroxylation is 1. The summed E-state index contributed by atoms with van der Waals surface area (Å²) in [5.74, 6) is 0.826. The molecule has 2 bridgehead atoms. The molecule has 2 aliphatic rings. The summed E-state index contributed by atoms with van der Waals surface area (Å²) in [5, 5.41) is 0. The third-order valence-electron chi connectivity index (χ3n) is 7.11. The van der Waals surface area contributed by atoms with Crippen LogP contribution in [0, 0.1) is 23.7 Å². The molecule has 0 spiro atoms. The van der Waals surface area contributed by atoms with Crippen molar-refractivity contribution in [3.8, 4) is 0 Å². The van der Waals surface area contributed by atoms with Crippen LogP contribution in [-0.2, 0) is 21.4 Å². The molecule has 1 heterocycles. The highest BCUT2D eigenvalue weighted by Crippen LogP contribution is 2.64. The first-order valence-electron chi connectivity index (χ1n) is 9.78. The van der Waals surface area contributed by atoms with Crippen molar-refractivity contribution in [2.24, 2.45) is 16.7 Å². The normalized spacial score (nSPS) is 26.0. The van der Waals surface area contributed by atoms with Crippen LogP contribution in [0.25, 0.3) is 0 Å². The number of carbonyl (C=O) groups is 1. The first-order valence-corrected chi connectivity index (χ1v) is 11.4. The Labute approximate surface area is 166 Å². The molecule has 0 radical (unpaired) electrons. The monoisotopic (exact) mass is 401 g/mol. The van der Waals surface area contributed by atoms with Crippen molar-refractivity contribution in [3.05, 3.63) is 54.0 Å². The molecule has 2 atom stereocenters. The molecule has 5 nitrogen and oxygen atoms in total. The summed E-state index contributed by atoms with van der Waals surface area (Å²) in [6.45, 7) is 6.21. The van der Waals surface area contributed by atoms with E-state index in [-0.39, 0.29) is 29.4 Å². The molecule has 150 valence electrons. The number of nitrogens with zero attached hydrogens (tertiary/aromatic N) is 1. The molecule has 2 unspecified atom stereocenters. The minimum Gasteiger partial charge on any atom is -0.467 e. The zero-order chi connectivity index (χ0) is 20.2. The van der Waals surface area contributed by atoms with Gasteiger partial charge in [0.2, 0.25) is 10.0 Å². The lowest BCUT2D eigenvalue weighted by Crippen LogP contribution is -2.46. The van der Waals surface area contributed by atoms with E-state index < -0.39 is 15.4 Å². The molecular weight excluding hydrogens is 374 g/mol. The van der Waals surface area contributed by atoms with Gasteiger partial charge in [0, 0.05) is 6.42 Å². The molecule has 4 rings (SSSR count).